The zero-order valence-electron chi connectivity index (χ0n) is 9.03. The normalized spacial score (nSPS) is 19.0. The summed E-state index contributed by atoms with van der Waals surface area (Å²) < 4.78 is 13.2. The summed E-state index contributed by atoms with van der Waals surface area (Å²) in [6.45, 7) is 1.11. The number of rotatable bonds is 1. The van der Waals surface area contributed by atoms with E-state index >= 15 is 0 Å². The summed E-state index contributed by atoms with van der Waals surface area (Å²) >= 11 is 5.75. The molecule has 1 amide bonds. The van der Waals surface area contributed by atoms with Gasteiger partial charge in [-0.3, -0.25) is 4.79 Å². The fraction of sp³-hybridized carbons (Fsp3) is 0.364. The lowest BCUT2D eigenvalue weighted by molar-refractivity contribution is 0.0790. The third-order valence-electron chi connectivity index (χ3n) is 2.69. The third kappa shape index (κ3) is 2.89. The van der Waals surface area contributed by atoms with Crippen LogP contribution in [0.25, 0.3) is 0 Å². The first-order chi connectivity index (χ1) is 7.59. The molecule has 0 saturated carbocycles. The predicted molar refractivity (Wildman–Crippen MR) is 67.2 cm³/mol. The van der Waals surface area contributed by atoms with E-state index in [1.807, 2.05) is 0 Å². The number of hydrogen-bond donors (Lipinski definition) is 1. The van der Waals surface area contributed by atoms with Crippen molar-refractivity contribution in [2.45, 2.75) is 12.5 Å². The minimum atomic E-state index is -0.573. The molecule has 0 spiro atoms. The summed E-state index contributed by atoms with van der Waals surface area (Å²) in [5, 5.41) is -0.118. The lowest BCUT2D eigenvalue weighted by atomic mass is 10.2. The Bertz CT molecular complexity index is 428. The number of amides is 1. The molecule has 1 aromatic rings. The van der Waals surface area contributed by atoms with Crippen molar-refractivity contribution in [3.8, 4) is 0 Å². The van der Waals surface area contributed by atoms with Crippen molar-refractivity contribution in [3.63, 3.8) is 0 Å². The van der Waals surface area contributed by atoms with Crippen LogP contribution in [0.3, 0.4) is 0 Å². The molecular formula is C11H13Cl2FN2O. The van der Waals surface area contributed by atoms with Gasteiger partial charge in [0.2, 0.25) is 0 Å². The highest BCUT2D eigenvalue weighted by atomic mass is 35.5. The molecule has 2 N–H and O–H groups in total. The Morgan fingerprint density at radius 1 is 1.53 bits per heavy atom. The molecule has 0 bridgehead atoms. The number of benzene rings is 1. The van der Waals surface area contributed by atoms with Crippen molar-refractivity contribution in [2.75, 3.05) is 13.1 Å². The largest absolute Gasteiger partial charge is 0.337 e. The highest BCUT2D eigenvalue weighted by Crippen LogP contribution is 2.22. The van der Waals surface area contributed by atoms with E-state index in [-0.39, 0.29) is 34.9 Å². The van der Waals surface area contributed by atoms with Gasteiger partial charge in [-0.2, -0.15) is 0 Å². The lowest BCUT2D eigenvalue weighted by Gasteiger charge is -2.16. The quantitative estimate of drug-likeness (QED) is 0.855. The molecule has 2 rings (SSSR count). The van der Waals surface area contributed by atoms with Crippen LogP contribution in [0.4, 0.5) is 4.39 Å². The molecule has 0 radical (unpaired) electrons. The van der Waals surface area contributed by atoms with Crippen molar-refractivity contribution in [3.05, 3.63) is 34.6 Å². The van der Waals surface area contributed by atoms with Gasteiger partial charge in [-0.25, -0.2) is 4.39 Å². The predicted octanol–water partition coefficient (Wildman–Crippen LogP) is 2.07. The highest BCUT2D eigenvalue weighted by Gasteiger charge is 2.26. The van der Waals surface area contributed by atoms with Crippen molar-refractivity contribution in [1.82, 2.24) is 4.90 Å². The fourth-order valence-corrected chi connectivity index (χ4v) is 2.02. The van der Waals surface area contributed by atoms with Crippen molar-refractivity contribution in [1.29, 1.82) is 0 Å². The Hall–Kier alpha value is -0.840. The molecule has 1 aliphatic heterocycles. The topological polar surface area (TPSA) is 46.3 Å². The van der Waals surface area contributed by atoms with Gasteiger partial charge in [0.05, 0.1) is 10.6 Å². The molecule has 0 aromatic heterocycles. The summed E-state index contributed by atoms with van der Waals surface area (Å²) in [5.74, 6) is -0.825. The minimum absolute atomic E-state index is 0. The molecule has 1 saturated heterocycles. The fourth-order valence-electron chi connectivity index (χ4n) is 1.81. The van der Waals surface area contributed by atoms with Crippen LogP contribution in [0, 0.1) is 5.82 Å². The SMILES string of the molecule is Cl.N[C@@H]1CCN(C(=O)c2cccc(F)c2Cl)C1. The van der Waals surface area contributed by atoms with E-state index in [1.165, 1.54) is 18.2 Å². The van der Waals surface area contributed by atoms with Gasteiger partial charge in [0, 0.05) is 19.1 Å². The zero-order valence-corrected chi connectivity index (χ0v) is 10.6. The number of likely N-dealkylation sites (tertiary alicyclic amines) is 1. The maximum Gasteiger partial charge on any atom is 0.255 e. The van der Waals surface area contributed by atoms with Crippen molar-refractivity contribution in [2.24, 2.45) is 5.73 Å². The van der Waals surface area contributed by atoms with Crippen LogP contribution >= 0.6 is 24.0 Å². The molecule has 0 unspecified atom stereocenters. The van der Waals surface area contributed by atoms with E-state index in [0.29, 0.717) is 13.1 Å². The standard InChI is InChI=1S/C11H12ClFN2O.ClH/c12-10-8(2-1-3-9(10)13)11(16)15-5-4-7(14)6-15;/h1-3,7H,4-6,14H2;1H/t7-;/m1./s1. The zero-order chi connectivity index (χ0) is 11.7. The van der Waals surface area contributed by atoms with Crippen LogP contribution in [0.1, 0.15) is 16.8 Å². The van der Waals surface area contributed by atoms with Gasteiger partial charge < -0.3 is 10.6 Å². The maximum absolute atomic E-state index is 13.2. The second-order valence-electron chi connectivity index (χ2n) is 3.90. The van der Waals surface area contributed by atoms with Gasteiger partial charge in [-0.1, -0.05) is 17.7 Å². The Morgan fingerprint density at radius 2 is 2.24 bits per heavy atom. The van der Waals surface area contributed by atoms with Gasteiger partial charge in [0.1, 0.15) is 5.82 Å². The van der Waals surface area contributed by atoms with Crippen LogP contribution < -0.4 is 5.73 Å². The number of halogens is 3. The molecule has 1 fully saturated rings. The molecule has 6 heteroatoms. The average molecular weight is 279 g/mol. The lowest BCUT2D eigenvalue weighted by Crippen LogP contribution is -2.32. The number of nitrogens with zero attached hydrogens (tertiary/aromatic N) is 1. The van der Waals surface area contributed by atoms with Crippen molar-refractivity contribution >= 4 is 29.9 Å². The van der Waals surface area contributed by atoms with Gasteiger partial charge >= 0.3 is 0 Å². The van der Waals surface area contributed by atoms with E-state index in [2.05, 4.69) is 0 Å². The van der Waals surface area contributed by atoms with Gasteiger partial charge in [0.25, 0.3) is 5.91 Å². The molecule has 1 aliphatic rings. The average Bonchev–Trinajstić information content (AvgIpc) is 2.68. The molecule has 1 heterocycles. The van der Waals surface area contributed by atoms with Crippen LogP contribution in [0.15, 0.2) is 18.2 Å². The van der Waals surface area contributed by atoms with Crippen LogP contribution in [-0.4, -0.2) is 29.9 Å². The van der Waals surface area contributed by atoms with Gasteiger partial charge in [-0.15, -0.1) is 12.4 Å². The summed E-state index contributed by atoms with van der Waals surface area (Å²) in [6.07, 6.45) is 0.776. The van der Waals surface area contributed by atoms with Crippen molar-refractivity contribution < 1.29 is 9.18 Å². The van der Waals surface area contributed by atoms with E-state index in [1.54, 1.807) is 4.90 Å². The Morgan fingerprint density at radius 3 is 2.82 bits per heavy atom. The molecule has 0 aliphatic carbocycles. The first-order valence-electron chi connectivity index (χ1n) is 5.08. The molecule has 1 aromatic carbocycles. The second kappa shape index (κ2) is 5.67. The Kier molecular flexibility index (Phi) is 4.74. The van der Waals surface area contributed by atoms with E-state index in [0.717, 1.165) is 6.42 Å². The highest BCUT2D eigenvalue weighted by molar-refractivity contribution is 6.34. The number of hydrogen-bond acceptors (Lipinski definition) is 2. The maximum atomic E-state index is 13.2. The molecule has 1 atom stereocenters. The Balaban J connectivity index is 0.00000144. The van der Waals surface area contributed by atoms with Gasteiger partial charge in [0.15, 0.2) is 0 Å². The molecule has 3 nitrogen and oxygen atoms in total. The first kappa shape index (κ1) is 14.2. The molecular weight excluding hydrogens is 266 g/mol. The summed E-state index contributed by atoms with van der Waals surface area (Å²) in [6, 6.07) is 4.24. The summed E-state index contributed by atoms with van der Waals surface area (Å²) in [7, 11) is 0. The van der Waals surface area contributed by atoms with Crippen LogP contribution in [0.2, 0.25) is 5.02 Å². The van der Waals surface area contributed by atoms with Crippen LogP contribution in [-0.2, 0) is 0 Å². The molecule has 94 valence electrons. The molecule has 17 heavy (non-hydrogen) atoms. The monoisotopic (exact) mass is 278 g/mol. The minimum Gasteiger partial charge on any atom is -0.337 e. The number of carbonyl (C=O) groups is 1. The Labute approximate surface area is 110 Å². The van der Waals surface area contributed by atoms with Crippen LogP contribution in [0.5, 0.6) is 0 Å². The summed E-state index contributed by atoms with van der Waals surface area (Å²) in [4.78, 5) is 13.6. The van der Waals surface area contributed by atoms with E-state index in [4.69, 9.17) is 17.3 Å². The van der Waals surface area contributed by atoms with E-state index in [9.17, 15) is 9.18 Å². The number of nitrogens with two attached hydrogens (primary N) is 1. The third-order valence-corrected chi connectivity index (χ3v) is 3.08. The first-order valence-corrected chi connectivity index (χ1v) is 5.46. The van der Waals surface area contributed by atoms with E-state index < -0.39 is 5.82 Å². The second-order valence-corrected chi connectivity index (χ2v) is 4.28. The van der Waals surface area contributed by atoms with Gasteiger partial charge in [-0.05, 0) is 18.6 Å². The smallest absolute Gasteiger partial charge is 0.255 e. The summed E-state index contributed by atoms with van der Waals surface area (Å²) in [5.41, 5.74) is 5.91. The number of carbonyl (C=O) groups excluding carboxylic acids is 1.